The van der Waals surface area contributed by atoms with Gasteiger partial charge in [-0.2, -0.15) is 0 Å². The number of fused-ring (bicyclic) bond motifs is 1. The number of aromatic nitrogens is 2. The Labute approximate surface area is 187 Å². The average molecular weight is 453 g/mol. The van der Waals surface area contributed by atoms with E-state index in [2.05, 4.69) is 0 Å². The lowest BCUT2D eigenvalue weighted by Gasteiger charge is -2.13. The molecule has 8 heteroatoms. The van der Waals surface area contributed by atoms with Gasteiger partial charge in [-0.15, -0.1) is 11.3 Å². The van der Waals surface area contributed by atoms with Crippen molar-refractivity contribution in [1.82, 2.24) is 9.55 Å². The molecule has 0 radical (unpaired) electrons. The minimum Gasteiger partial charge on any atom is -0.497 e. The highest BCUT2D eigenvalue weighted by molar-refractivity contribution is 7.99. The normalized spacial score (nSPS) is 10.9. The standard InChI is InChI=1S/C23H20N2O4S2/c1-3-29-19(26)14-31-23-24-21-20(18(13-30-21)15-7-5-4-6-8-15)22(27)25(23)16-9-11-17(28-2)12-10-16/h4-13H,3,14H2,1-2H3. The highest BCUT2D eigenvalue weighted by Crippen LogP contribution is 2.33. The maximum atomic E-state index is 13.7. The zero-order chi connectivity index (χ0) is 21.8. The number of thioether (sulfide) groups is 1. The second-order valence-corrected chi connectivity index (χ2v) is 8.32. The first-order chi connectivity index (χ1) is 15.1. The van der Waals surface area contributed by atoms with Gasteiger partial charge in [0, 0.05) is 10.9 Å². The van der Waals surface area contributed by atoms with Gasteiger partial charge in [-0.25, -0.2) is 4.98 Å². The number of esters is 1. The number of carbonyl (C=O) groups excluding carboxylic acids is 1. The molecule has 0 aliphatic rings. The summed E-state index contributed by atoms with van der Waals surface area (Å²) < 4.78 is 11.8. The number of hydrogen-bond donors (Lipinski definition) is 0. The Hall–Kier alpha value is -3.10. The summed E-state index contributed by atoms with van der Waals surface area (Å²) >= 11 is 2.60. The zero-order valence-corrected chi connectivity index (χ0v) is 18.7. The molecule has 31 heavy (non-hydrogen) atoms. The van der Waals surface area contributed by atoms with Gasteiger partial charge in [0.1, 0.15) is 10.6 Å². The molecule has 0 saturated carbocycles. The third-order valence-corrected chi connectivity index (χ3v) is 6.40. The Morgan fingerprint density at radius 1 is 1.13 bits per heavy atom. The smallest absolute Gasteiger partial charge is 0.316 e. The van der Waals surface area contributed by atoms with Crippen LogP contribution in [0.25, 0.3) is 27.0 Å². The van der Waals surface area contributed by atoms with Crippen molar-refractivity contribution >= 4 is 39.3 Å². The van der Waals surface area contributed by atoms with Gasteiger partial charge in [0.15, 0.2) is 5.16 Å². The lowest BCUT2D eigenvalue weighted by Crippen LogP contribution is -2.22. The van der Waals surface area contributed by atoms with Gasteiger partial charge in [-0.05, 0) is 36.8 Å². The zero-order valence-electron chi connectivity index (χ0n) is 17.0. The Kier molecular flexibility index (Phi) is 6.39. The first-order valence-corrected chi connectivity index (χ1v) is 11.5. The van der Waals surface area contributed by atoms with E-state index in [0.717, 1.165) is 11.1 Å². The number of ether oxygens (including phenoxy) is 2. The summed E-state index contributed by atoms with van der Waals surface area (Å²) in [4.78, 5) is 31.0. The van der Waals surface area contributed by atoms with Crippen LogP contribution in [0.5, 0.6) is 5.75 Å². The summed E-state index contributed by atoms with van der Waals surface area (Å²) in [7, 11) is 1.59. The van der Waals surface area contributed by atoms with E-state index in [1.165, 1.54) is 23.1 Å². The van der Waals surface area contributed by atoms with Crippen molar-refractivity contribution in [3.8, 4) is 22.6 Å². The number of thiophene rings is 1. The second-order valence-electron chi connectivity index (χ2n) is 6.52. The van der Waals surface area contributed by atoms with Crippen LogP contribution in [0.15, 0.2) is 69.9 Å². The maximum absolute atomic E-state index is 13.7. The van der Waals surface area contributed by atoms with Crippen molar-refractivity contribution in [2.75, 3.05) is 19.5 Å². The number of benzene rings is 2. The van der Waals surface area contributed by atoms with Crippen LogP contribution in [0, 0.1) is 0 Å². The number of carbonyl (C=O) groups is 1. The summed E-state index contributed by atoms with van der Waals surface area (Å²) in [6.45, 7) is 2.07. The Morgan fingerprint density at radius 2 is 1.87 bits per heavy atom. The van der Waals surface area contributed by atoms with Gasteiger partial charge in [0.25, 0.3) is 5.56 Å². The fourth-order valence-corrected chi connectivity index (χ4v) is 4.98. The van der Waals surface area contributed by atoms with E-state index < -0.39 is 0 Å². The Morgan fingerprint density at radius 3 is 2.55 bits per heavy atom. The highest BCUT2D eigenvalue weighted by atomic mass is 32.2. The quantitative estimate of drug-likeness (QED) is 0.228. The van der Waals surface area contributed by atoms with E-state index in [-0.39, 0.29) is 17.3 Å². The molecule has 0 fully saturated rings. The van der Waals surface area contributed by atoms with Crippen LogP contribution in [-0.2, 0) is 9.53 Å². The highest BCUT2D eigenvalue weighted by Gasteiger charge is 2.19. The molecule has 2 aromatic heterocycles. The van der Waals surface area contributed by atoms with Crippen molar-refractivity contribution in [2.24, 2.45) is 0 Å². The van der Waals surface area contributed by atoms with Gasteiger partial charge in [0.2, 0.25) is 0 Å². The molecule has 0 atom stereocenters. The maximum Gasteiger partial charge on any atom is 0.316 e. The molecule has 2 aromatic carbocycles. The Balaban J connectivity index is 1.89. The van der Waals surface area contributed by atoms with E-state index in [1.807, 2.05) is 35.7 Å². The predicted molar refractivity (Wildman–Crippen MR) is 125 cm³/mol. The first kappa shape index (κ1) is 21.1. The van der Waals surface area contributed by atoms with Crippen LogP contribution in [0.2, 0.25) is 0 Å². The minimum absolute atomic E-state index is 0.0683. The molecule has 0 bridgehead atoms. The van der Waals surface area contributed by atoms with Gasteiger partial charge >= 0.3 is 5.97 Å². The molecule has 0 amide bonds. The third-order valence-electron chi connectivity index (χ3n) is 4.62. The third kappa shape index (κ3) is 4.35. The SMILES string of the molecule is CCOC(=O)CSc1nc2scc(-c3ccccc3)c2c(=O)n1-c1ccc(OC)cc1. The van der Waals surface area contributed by atoms with Crippen molar-refractivity contribution in [3.63, 3.8) is 0 Å². The summed E-state index contributed by atoms with van der Waals surface area (Å²) in [5.74, 6) is 0.408. The summed E-state index contributed by atoms with van der Waals surface area (Å²) in [6.07, 6.45) is 0. The molecule has 4 rings (SSSR count). The van der Waals surface area contributed by atoms with E-state index in [1.54, 1.807) is 42.9 Å². The molecule has 158 valence electrons. The van der Waals surface area contributed by atoms with Crippen LogP contribution in [-0.4, -0.2) is 35.0 Å². The lowest BCUT2D eigenvalue weighted by molar-refractivity contribution is -0.139. The van der Waals surface area contributed by atoms with Crippen molar-refractivity contribution in [1.29, 1.82) is 0 Å². The fourth-order valence-electron chi connectivity index (χ4n) is 3.18. The topological polar surface area (TPSA) is 70.4 Å². The van der Waals surface area contributed by atoms with Gasteiger partial charge < -0.3 is 9.47 Å². The van der Waals surface area contributed by atoms with Gasteiger partial charge in [0.05, 0.1) is 30.5 Å². The molecular formula is C23H20N2O4S2. The molecule has 2 heterocycles. The van der Waals surface area contributed by atoms with Crippen LogP contribution >= 0.6 is 23.1 Å². The van der Waals surface area contributed by atoms with E-state index in [0.29, 0.717) is 33.4 Å². The monoisotopic (exact) mass is 452 g/mol. The Bertz CT molecular complexity index is 1260. The first-order valence-electron chi connectivity index (χ1n) is 9.65. The largest absolute Gasteiger partial charge is 0.497 e. The molecule has 6 nitrogen and oxygen atoms in total. The predicted octanol–water partition coefficient (Wildman–Crippen LogP) is 4.78. The van der Waals surface area contributed by atoms with Crippen LogP contribution in [0.1, 0.15) is 6.92 Å². The molecule has 0 saturated heterocycles. The minimum atomic E-state index is -0.348. The molecular weight excluding hydrogens is 432 g/mol. The van der Waals surface area contributed by atoms with Crippen LogP contribution in [0.3, 0.4) is 0 Å². The molecule has 0 spiro atoms. The van der Waals surface area contributed by atoms with E-state index >= 15 is 0 Å². The van der Waals surface area contributed by atoms with Crippen molar-refractivity contribution in [2.45, 2.75) is 12.1 Å². The molecule has 0 unspecified atom stereocenters. The molecule has 4 aromatic rings. The molecule has 0 aliphatic heterocycles. The van der Waals surface area contributed by atoms with E-state index in [9.17, 15) is 9.59 Å². The number of nitrogens with zero attached hydrogens (tertiary/aromatic N) is 2. The summed E-state index contributed by atoms with van der Waals surface area (Å²) in [5, 5.41) is 2.96. The summed E-state index contributed by atoms with van der Waals surface area (Å²) in [6, 6.07) is 17.0. The average Bonchev–Trinajstić information content (AvgIpc) is 3.23. The van der Waals surface area contributed by atoms with Gasteiger partial charge in [-0.3, -0.25) is 14.2 Å². The van der Waals surface area contributed by atoms with Crippen molar-refractivity contribution < 1.29 is 14.3 Å². The van der Waals surface area contributed by atoms with Crippen molar-refractivity contribution in [3.05, 3.63) is 70.3 Å². The van der Waals surface area contributed by atoms with Gasteiger partial charge in [-0.1, -0.05) is 42.1 Å². The van der Waals surface area contributed by atoms with E-state index in [4.69, 9.17) is 14.5 Å². The second kappa shape index (κ2) is 9.36. The van der Waals surface area contributed by atoms with Crippen LogP contribution in [0.4, 0.5) is 0 Å². The number of rotatable bonds is 7. The molecule has 0 N–H and O–H groups in total. The number of hydrogen-bond acceptors (Lipinski definition) is 7. The lowest BCUT2D eigenvalue weighted by atomic mass is 10.1. The summed E-state index contributed by atoms with van der Waals surface area (Å²) in [5.41, 5.74) is 2.28. The van der Waals surface area contributed by atoms with Crippen LogP contribution < -0.4 is 10.3 Å². The fraction of sp³-hybridized carbons (Fsp3) is 0.174. The molecule has 0 aliphatic carbocycles. The number of methoxy groups -OCH3 is 1.